The molecule has 0 heterocycles. The first-order valence-electron chi connectivity index (χ1n) is 5.49. The second-order valence-electron chi connectivity index (χ2n) is 3.42. The largest absolute Gasteiger partial charge is 0.492 e. The maximum absolute atomic E-state index is 9.24. The topological polar surface area (TPSA) is 41.5 Å². The van der Waals surface area contributed by atoms with Crippen molar-refractivity contribution in [3.8, 4) is 5.75 Å². The van der Waals surface area contributed by atoms with Gasteiger partial charge in [0.05, 0.1) is 24.3 Å². The van der Waals surface area contributed by atoms with E-state index in [0.29, 0.717) is 17.4 Å². The molecule has 3 nitrogen and oxygen atoms in total. The second kappa shape index (κ2) is 6.74. The lowest BCUT2D eigenvalue weighted by molar-refractivity contribution is 0.246. The van der Waals surface area contributed by atoms with Crippen molar-refractivity contribution in [1.82, 2.24) is 5.32 Å². The highest BCUT2D eigenvalue weighted by Crippen LogP contribution is 2.27. The number of ether oxygens (including phenoxy) is 1. The molecule has 1 aromatic rings. The Balaban J connectivity index is 2.85. The number of hydrogen-bond donors (Lipinski definition) is 2. The quantitative estimate of drug-likeness (QED) is 0.806. The first-order chi connectivity index (χ1) is 7.72. The Labute approximate surface area is 101 Å². The molecular weight excluding hydrogens is 226 g/mol. The zero-order valence-corrected chi connectivity index (χ0v) is 10.4. The summed E-state index contributed by atoms with van der Waals surface area (Å²) in [6.45, 7) is 5.36. The van der Waals surface area contributed by atoms with Crippen LogP contribution in [0.4, 0.5) is 0 Å². The van der Waals surface area contributed by atoms with Crippen LogP contribution in [0, 0.1) is 0 Å². The number of aliphatic hydroxyl groups excluding tert-OH is 1. The highest BCUT2D eigenvalue weighted by Gasteiger charge is 2.11. The van der Waals surface area contributed by atoms with Gasteiger partial charge in [-0.1, -0.05) is 24.6 Å². The average molecular weight is 244 g/mol. The molecule has 1 aromatic carbocycles. The van der Waals surface area contributed by atoms with Gasteiger partial charge in [-0.3, -0.25) is 0 Å². The highest BCUT2D eigenvalue weighted by molar-refractivity contribution is 6.32. The molecule has 0 aromatic heterocycles. The number of likely N-dealkylation sites (N-methyl/N-ethyl adjacent to an activating group) is 1. The fourth-order valence-corrected chi connectivity index (χ4v) is 1.78. The molecule has 0 aliphatic rings. The minimum Gasteiger partial charge on any atom is -0.492 e. The van der Waals surface area contributed by atoms with Crippen LogP contribution >= 0.6 is 11.6 Å². The highest BCUT2D eigenvalue weighted by atomic mass is 35.5. The first kappa shape index (κ1) is 13.3. The lowest BCUT2D eigenvalue weighted by Gasteiger charge is -2.16. The van der Waals surface area contributed by atoms with Crippen LogP contribution in [0.25, 0.3) is 0 Å². The fraction of sp³-hybridized carbons (Fsp3) is 0.500. The molecule has 0 aliphatic carbocycles. The van der Waals surface area contributed by atoms with Crippen molar-refractivity contribution in [2.45, 2.75) is 19.9 Å². The zero-order chi connectivity index (χ0) is 12.0. The molecule has 0 spiro atoms. The van der Waals surface area contributed by atoms with Crippen molar-refractivity contribution in [2.24, 2.45) is 0 Å². The SMILES string of the molecule is CCNC(CO)c1ccc(OCC)c(Cl)c1. The molecule has 0 amide bonds. The molecule has 1 rings (SSSR count). The molecule has 4 heteroatoms. The van der Waals surface area contributed by atoms with Crippen LogP contribution in [-0.2, 0) is 0 Å². The van der Waals surface area contributed by atoms with E-state index >= 15 is 0 Å². The van der Waals surface area contributed by atoms with Crippen LogP contribution in [0.2, 0.25) is 5.02 Å². The van der Waals surface area contributed by atoms with Gasteiger partial charge < -0.3 is 15.2 Å². The minimum atomic E-state index is -0.0711. The van der Waals surface area contributed by atoms with Crippen molar-refractivity contribution in [2.75, 3.05) is 19.8 Å². The first-order valence-corrected chi connectivity index (χ1v) is 5.87. The Bertz CT molecular complexity index is 331. The van der Waals surface area contributed by atoms with E-state index in [1.165, 1.54) is 0 Å². The standard InChI is InChI=1S/C12H18ClNO2/c1-3-14-11(8-15)9-5-6-12(16-4-2)10(13)7-9/h5-7,11,14-15H,3-4,8H2,1-2H3. The van der Waals surface area contributed by atoms with E-state index in [-0.39, 0.29) is 12.6 Å². The smallest absolute Gasteiger partial charge is 0.137 e. The second-order valence-corrected chi connectivity index (χ2v) is 3.82. The minimum absolute atomic E-state index is 0.0537. The van der Waals surface area contributed by atoms with Crippen LogP contribution in [0.3, 0.4) is 0 Å². The van der Waals surface area contributed by atoms with Gasteiger partial charge in [0, 0.05) is 0 Å². The van der Waals surface area contributed by atoms with E-state index in [2.05, 4.69) is 5.32 Å². The third-order valence-corrected chi connectivity index (χ3v) is 2.59. The molecule has 0 saturated heterocycles. The van der Waals surface area contributed by atoms with Gasteiger partial charge >= 0.3 is 0 Å². The molecule has 0 saturated carbocycles. The molecule has 1 unspecified atom stereocenters. The lowest BCUT2D eigenvalue weighted by Crippen LogP contribution is -2.23. The maximum Gasteiger partial charge on any atom is 0.137 e. The van der Waals surface area contributed by atoms with Gasteiger partial charge in [0.25, 0.3) is 0 Å². The van der Waals surface area contributed by atoms with E-state index in [1.807, 2.05) is 32.0 Å². The molecule has 16 heavy (non-hydrogen) atoms. The van der Waals surface area contributed by atoms with Crippen molar-refractivity contribution in [3.63, 3.8) is 0 Å². The van der Waals surface area contributed by atoms with E-state index in [1.54, 1.807) is 0 Å². The Morgan fingerprint density at radius 2 is 2.19 bits per heavy atom. The Morgan fingerprint density at radius 1 is 1.44 bits per heavy atom. The summed E-state index contributed by atoms with van der Waals surface area (Å²) in [5.41, 5.74) is 0.970. The third-order valence-electron chi connectivity index (χ3n) is 2.29. The predicted octanol–water partition coefficient (Wildman–Crippen LogP) is 2.38. The van der Waals surface area contributed by atoms with Gasteiger partial charge in [-0.25, -0.2) is 0 Å². The van der Waals surface area contributed by atoms with Crippen molar-refractivity contribution in [1.29, 1.82) is 0 Å². The van der Waals surface area contributed by atoms with E-state index in [4.69, 9.17) is 16.3 Å². The van der Waals surface area contributed by atoms with E-state index < -0.39 is 0 Å². The summed E-state index contributed by atoms with van der Waals surface area (Å²) in [4.78, 5) is 0. The van der Waals surface area contributed by atoms with E-state index in [9.17, 15) is 5.11 Å². The number of hydrogen-bond acceptors (Lipinski definition) is 3. The van der Waals surface area contributed by atoms with Crippen LogP contribution in [0.1, 0.15) is 25.5 Å². The van der Waals surface area contributed by atoms with Gasteiger partial charge in [0.2, 0.25) is 0 Å². The Kier molecular flexibility index (Phi) is 5.60. The van der Waals surface area contributed by atoms with Gasteiger partial charge in [0.1, 0.15) is 5.75 Å². The molecule has 0 bridgehead atoms. The molecule has 0 radical (unpaired) electrons. The molecule has 2 N–H and O–H groups in total. The molecule has 1 atom stereocenters. The summed E-state index contributed by atoms with van der Waals surface area (Å²) < 4.78 is 5.35. The molecule has 0 fully saturated rings. The number of benzene rings is 1. The van der Waals surface area contributed by atoms with Gasteiger partial charge in [-0.05, 0) is 31.2 Å². The van der Waals surface area contributed by atoms with Gasteiger partial charge in [-0.15, -0.1) is 0 Å². The van der Waals surface area contributed by atoms with Crippen molar-refractivity contribution >= 4 is 11.6 Å². The lowest BCUT2D eigenvalue weighted by atomic mass is 10.1. The van der Waals surface area contributed by atoms with Crippen LogP contribution < -0.4 is 10.1 Å². The van der Waals surface area contributed by atoms with Crippen LogP contribution in [-0.4, -0.2) is 24.9 Å². The van der Waals surface area contributed by atoms with E-state index in [0.717, 1.165) is 12.1 Å². The normalized spacial score (nSPS) is 12.5. The number of aliphatic hydroxyl groups is 1. The monoisotopic (exact) mass is 243 g/mol. The molecule has 90 valence electrons. The van der Waals surface area contributed by atoms with Crippen LogP contribution in [0.15, 0.2) is 18.2 Å². The van der Waals surface area contributed by atoms with Crippen LogP contribution in [0.5, 0.6) is 5.75 Å². The van der Waals surface area contributed by atoms with Gasteiger partial charge in [-0.2, -0.15) is 0 Å². The summed E-state index contributed by atoms with van der Waals surface area (Å²) in [6.07, 6.45) is 0. The van der Waals surface area contributed by atoms with Crippen molar-refractivity contribution in [3.05, 3.63) is 28.8 Å². The van der Waals surface area contributed by atoms with Crippen molar-refractivity contribution < 1.29 is 9.84 Å². The Hall–Kier alpha value is -0.770. The average Bonchev–Trinajstić information content (AvgIpc) is 2.29. The summed E-state index contributed by atoms with van der Waals surface area (Å²) in [6, 6.07) is 5.51. The molecule has 0 aliphatic heterocycles. The summed E-state index contributed by atoms with van der Waals surface area (Å²) in [5.74, 6) is 0.682. The van der Waals surface area contributed by atoms with Gasteiger partial charge in [0.15, 0.2) is 0 Å². The predicted molar refractivity (Wildman–Crippen MR) is 66.1 cm³/mol. The molecular formula is C12H18ClNO2. The zero-order valence-electron chi connectivity index (χ0n) is 9.66. The summed E-state index contributed by atoms with van der Waals surface area (Å²) >= 11 is 6.07. The fourth-order valence-electron chi connectivity index (χ4n) is 1.54. The number of halogens is 1. The summed E-state index contributed by atoms with van der Waals surface area (Å²) in [5, 5.41) is 13.0. The Morgan fingerprint density at radius 3 is 2.69 bits per heavy atom. The number of nitrogens with one attached hydrogen (secondary N) is 1. The number of rotatable bonds is 6. The maximum atomic E-state index is 9.24. The third kappa shape index (κ3) is 3.37. The summed E-state index contributed by atoms with van der Waals surface area (Å²) in [7, 11) is 0.